The van der Waals surface area contributed by atoms with E-state index in [0.29, 0.717) is 6.54 Å². The number of unbranched alkanes of at least 4 members (excludes halogenated alkanes) is 3. The number of hydrogen-bond acceptors (Lipinski definition) is 4. The molecule has 6 heteroatoms. The first-order valence-electron chi connectivity index (χ1n) is 5.85. The summed E-state index contributed by atoms with van der Waals surface area (Å²) in [5, 5.41) is 19.0. The quantitative estimate of drug-likeness (QED) is 0.263. The molecule has 98 valence electrons. The van der Waals surface area contributed by atoms with Crippen molar-refractivity contribution in [2.75, 3.05) is 19.6 Å². The van der Waals surface area contributed by atoms with Crippen molar-refractivity contribution in [2.45, 2.75) is 32.6 Å². The molecule has 0 fully saturated rings. The Hall–Kier alpha value is -0.360. The molecule has 0 aromatic heterocycles. The van der Waals surface area contributed by atoms with Crippen LogP contribution < -0.4 is 34.7 Å². The molecule has 0 amide bonds. The predicted octanol–water partition coefficient (Wildman–Crippen LogP) is -2.74. The van der Waals surface area contributed by atoms with Crippen molar-refractivity contribution in [3.05, 3.63) is 12.2 Å². The average molecular weight is 265 g/mol. The maximum atomic E-state index is 10.5. The first kappa shape index (κ1) is 20.0. The summed E-state index contributed by atoms with van der Waals surface area (Å²) in [6.45, 7) is 1.81. The normalized spacial score (nSPS) is 10.6. The third-order valence-electron chi connectivity index (χ3n) is 2.22. The Morgan fingerprint density at radius 2 is 1.89 bits per heavy atom. The largest absolute Gasteiger partial charge is 1.00 e. The first-order chi connectivity index (χ1) is 8.06. The van der Waals surface area contributed by atoms with Gasteiger partial charge in [-0.2, -0.15) is 0 Å². The van der Waals surface area contributed by atoms with Crippen molar-refractivity contribution in [3.8, 4) is 0 Å². The second kappa shape index (κ2) is 13.1. The molecule has 0 unspecified atom stereocenters. The van der Waals surface area contributed by atoms with Crippen LogP contribution in [0.4, 0.5) is 0 Å². The molecule has 0 bridgehead atoms. The molecule has 0 aliphatic carbocycles. The molecule has 0 spiro atoms. The van der Waals surface area contributed by atoms with Gasteiger partial charge in [0.05, 0.1) is 12.5 Å². The summed E-state index contributed by atoms with van der Waals surface area (Å²) in [5.41, 5.74) is 0. The van der Waals surface area contributed by atoms with Crippen molar-refractivity contribution in [1.82, 2.24) is 4.90 Å². The molecular formula is C12H20NNaO4. The van der Waals surface area contributed by atoms with Crippen LogP contribution in [0.5, 0.6) is 0 Å². The van der Waals surface area contributed by atoms with Crippen molar-refractivity contribution < 1.29 is 49.4 Å². The molecule has 0 radical (unpaired) electrons. The van der Waals surface area contributed by atoms with E-state index in [1.807, 2.05) is 12.2 Å². The molecule has 0 saturated heterocycles. The summed E-state index contributed by atoms with van der Waals surface area (Å²) in [4.78, 5) is 22.2. The van der Waals surface area contributed by atoms with E-state index < -0.39 is 11.9 Å². The van der Waals surface area contributed by atoms with Crippen LogP contribution in [-0.4, -0.2) is 41.6 Å². The van der Waals surface area contributed by atoms with Gasteiger partial charge in [0.2, 0.25) is 0 Å². The number of carbonyl (C=O) groups excluding carboxylic acids is 1. The van der Waals surface area contributed by atoms with Gasteiger partial charge in [-0.05, 0) is 12.8 Å². The minimum Gasteiger partial charge on any atom is -0.549 e. The van der Waals surface area contributed by atoms with Crippen LogP contribution in [0.1, 0.15) is 32.6 Å². The molecular weight excluding hydrogens is 245 g/mol. The average Bonchev–Trinajstić information content (AvgIpc) is 2.21. The molecule has 18 heavy (non-hydrogen) atoms. The molecule has 5 nitrogen and oxygen atoms in total. The maximum Gasteiger partial charge on any atom is 1.00 e. The van der Waals surface area contributed by atoms with E-state index in [1.54, 1.807) is 0 Å². The number of carboxylic acid groups (broad SMARTS) is 2. The van der Waals surface area contributed by atoms with E-state index in [0.717, 1.165) is 19.3 Å². The van der Waals surface area contributed by atoms with Gasteiger partial charge in [0.25, 0.3) is 0 Å². The number of carboxylic acids is 2. The van der Waals surface area contributed by atoms with Crippen LogP contribution in [0.15, 0.2) is 12.2 Å². The minimum atomic E-state index is -1.26. The zero-order valence-electron chi connectivity index (χ0n) is 11.2. The number of carbonyl (C=O) groups is 2. The van der Waals surface area contributed by atoms with Gasteiger partial charge in [-0.3, -0.25) is 9.69 Å². The molecule has 0 atom stereocenters. The van der Waals surface area contributed by atoms with Gasteiger partial charge in [0.15, 0.2) is 0 Å². The van der Waals surface area contributed by atoms with E-state index in [-0.39, 0.29) is 42.6 Å². The topological polar surface area (TPSA) is 80.7 Å². The van der Waals surface area contributed by atoms with Gasteiger partial charge in [0.1, 0.15) is 0 Å². The standard InChI is InChI=1S/C12H21NO4.Na/c1-2-3-4-5-6-7-8-13(9-11(14)15)10-12(16)17;/h6-7H,2-5,8-10H2,1H3,(H,14,15)(H,16,17);/q;+1/p-1/b7-6+;. The zero-order valence-corrected chi connectivity index (χ0v) is 13.2. The summed E-state index contributed by atoms with van der Waals surface area (Å²) in [5.74, 6) is -2.30. The Balaban J connectivity index is 0. The van der Waals surface area contributed by atoms with Gasteiger partial charge < -0.3 is 15.0 Å². The van der Waals surface area contributed by atoms with Crippen LogP contribution in [0.2, 0.25) is 0 Å². The van der Waals surface area contributed by atoms with Crippen LogP contribution in [0, 0.1) is 0 Å². The smallest absolute Gasteiger partial charge is 0.549 e. The minimum absolute atomic E-state index is 0. The fraction of sp³-hybridized carbons (Fsp3) is 0.667. The Kier molecular flexibility index (Phi) is 14.5. The van der Waals surface area contributed by atoms with Crippen LogP contribution in [-0.2, 0) is 9.59 Å². The summed E-state index contributed by atoms with van der Waals surface area (Å²) in [6.07, 6.45) is 8.14. The van der Waals surface area contributed by atoms with Gasteiger partial charge in [0, 0.05) is 13.1 Å². The molecule has 0 aromatic rings. The second-order valence-corrected chi connectivity index (χ2v) is 3.90. The zero-order chi connectivity index (χ0) is 13.1. The van der Waals surface area contributed by atoms with Crippen molar-refractivity contribution in [2.24, 2.45) is 0 Å². The monoisotopic (exact) mass is 265 g/mol. The Labute approximate surface area is 130 Å². The van der Waals surface area contributed by atoms with Crippen LogP contribution >= 0.6 is 0 Å². The second-order valence-electron chi connectivity index (χ2n) is 3.90. The molecule has 0 rings (SSSR count). The molecule has 0 aromatic carbocycles. The van der Waals surface area contributed by atoms with Crippen molar-refractivity contribution >= 4 is 11.9 Å². The fourth-order valence-electron chi connectivity index (χ4n) is 1.41. The Morgan fingerprint density at radius 3 is 2.39 bits per heavy atom. The van der Waals surface area contributed by atoms with Gasteiger partial charge >= 0.3 is 35.5 Å². The Bertz CT molecular complexity index is 253. The summed E-state index contributed by atoms with van der Waals surface area (Å²) in [6, 6.07) is 0. The number of rotatable bonds is 10. The molecule has 0 heterocycles. The molecule has 0 aliphatic rings. The number of hydrogen-bond donors (Lipinski definition) is 1. The fourth-order valence-corrected chi connectivity index (χ4v) is 1.41. The first-order valence-corrected chi connectivity index (χ1v) is 5.85. The van der Waals surface area contributed by atoms with Crippen molar-refractivity contribution in [1.29, 1.82) is 0 Å². The van der Waals surface area contributed by atoms with E-state index in [2.05, 4.69) is 6.92 Å². The van der Waals surface area contributed by atoms with Gasteiger partial charge in [-0.15, -0.1) is 0 Å². The van der Waals surface area contributed by atoms with E-state index in [9.17, 15) is 14.7 Å². The van der Waals surface area contributed by atoms with Crippen molar-refractivity contribution in [3.63, 3.8) is 0 Å². The number of aliphatic carboxylic acids is 2. The van der Waals surface area contributed by atoms with Gasteiger partial charge in [-0.25, -0.2) is 0 Å². The number of allylic oxidation sites excluding steroid dienone is 1. The van der Waals surface area contributed by atoms with E-state index >= 15 is 0 Å². The van der Waals surface area contributed by atoms with Crippen LogP contribution in [0.3, 0.4) is 0 Å². The molecule has 0 saturated carbocycles. The van der Waals surface area contributed by atoms with Crippen LogP contribution in [0.25, 0.3) is 0 Å². The predicted molar refractivity (Wildman–Crippen MR) is 62.4 cm³/mol. The number of nitrogens with zero attached hydrogens (tertiary/aromatic N) is 1. The Morgan fingerprint density at radius 1 is 1.22 bits per heavy atom. The third kappa shape index (κ3) is 13.7. The maximum absolute atomic E-state index is 10.5. The SMILES string of the molecule is CCCCC/C=C/CN(CC(=O)[O-])CC(=O)O.[Na+]. The van der Waals surface area contributed by atoms with E-state index in [1.165, 1.54) is 11.3 Å². The summed E-state index contributed by atoms with van der Waals surface area (Å²) < 4.78 is 0. The van der Waals surface area contributed by atoms with Gasteiger partial charge in [-0.1, -0.05) is 31.9 Å². The van der Waals surface area contributed by atoms with E-state index in [4.69, 9.17) is 5.11 Å². The summed E-state index contributed by atoms with van der Waals surface area (Å²) in [7, 11) is 0. The third-order valence-corrected chi connectivity index (χ3v) is 2.22. The molecule has 1 N–H and O–H groups in total. The summed E-state index contributed by atoms with van der Waals surface area (Å²) >= 11 is 0. The molecule has 0 aliphatic heterocycles.